The zero-order valence-corrected chi connectivity index (χ0v) is 11.0. The van der Waals surface area contributed by atoms with E-state index in [-0.39, 0.29) is 17.1 Å². The van der Waals surface area contributed by atoms with Gasteiger partial charge in [-0.3, -0.25) is 4.68 Å². The van der Waals surface area contributed by atoms with Crippen molar-refractivity contribution in [3.05, 3.63) is 29.8 Å². The number of aromatic nitrogens is 2. The quantitative estimate of drug-likeness (QED) is 0.904. The number of hydrogen-bond acceptors (Lipinski definition) is 4. The summed E-state index contributed by atoms with van der Waals surface area (Å²) in [7, 11) is -2.34. The normalized spacial score (nSPS) is 11.8. The third-order valence-electron chi connectivity index (χ3n) is 2.60. The van der Waals surface area contributed by atoms with E-state index in [0.717, 1.165) is 12.3 Å². The summed E-state index contributed by atoms with van der Waals surface area (Å²) in [4.78, 5) is -0.702. The van der Waals surface area contributed by atoms with E-state index in [1.54, 1.807) is 0 Å². The highest BCUT2D eigenvalue weighted by molar-refractivity contribution is 7.90. The van der Waals surface area contributed by atoms with Crippen LogP contribution in [0.3, 0.4) is 0 Å². The van der Waals surface area contributed by atoms with Crippen LogP contribution in [0.1, 0.15) is 0 Å². The first-order chi connectivity index (χ1) is 8.70. The average Bonchev–Trinajstić information content (AvgIpc) is 2.60. The first-order valence-electron chi connectivity index (χ1n) is 5.19. The maximum atomic E-state index is 14.1. The summed E-state index contributed by atoms with van der Waals surface area (Å²) in [6.07, 6.45) is 0.807. The Bertz CT molecular complexity index is 734. The molecule has 0 aliphatic rings. The largest absolute Gasteiger partial charge is 0.384 e. The summed E-state index contributed by atoms with van der Waals surface area (Å²) in [6.45, 7) is 0. The summed E-state index contributed by atoms with van der Waals surface area (Å²) in [5, 5.41) is 3.90. The van der Waals surface area contributed by atoms with Gasteiger partial charge in [0.25, 0.3) is 0 Å². The number of halogens is 2. The van der Waals surface area contributed by atoms with Crippen LogP contribution in [0.4, 0.5) is 14.6 Å². The van der Waals surface area contributed by atoms with Gasteiger partial charge in [-0.1, -0.05) is 0 Å². The summed E-state index contributed by atoms with van der Waals surface area (Å²) in [6, 6.07) is 2.86. The Morgan fingerprint density at radius 2 is 1.89 bits per heavy atom. The monoisotopic (exact) mass is 287 g/mol. The van der Waals surface area contributed by atoms with Crippen LogP contribution in [0.25, 0.3) is 11.3 Å². The first kappa shape index (κ1) is 13.5. The van der Waals surface area contributed by atoms with Crippen molar-refractivity contribution in [2.24, 2.45) is 7.05 Å². The van der Waals surface area contributed by atoms with E-state index in [9.17, 15) is 17.2 Å². The molecular formula is C11H11F2N3O2S. The van der Waals surface area contributed by atoms with E-state index >= 15 is 0 Å². The summed E-state index contributed by atoms with van der Waals surface area (Å²) < 4.78 is 51.7. The molecule has 8 heteroatoms. The Balaban J connectivity index is 2.75. The minimum atomic E-state index is -3.87. The van der Waals surface area contributed by atoms with Gasteiger partial charge in [-0.2, -0.15) is 5.10 Å². The fourth-order valence-corrected chi connectivity index (χ4v) is 2.40. The summed E-state index contributed by atoms with van der Waals surface area (Å²) in [5.74, 6) is -1.65. The lowest BCUT2D eigenvalue weighted by Crippen LogP contribution is -2.04. The standard InChI is InChI=1S/C11H11F2N3O2S/c1-16-10(14)5-8(15-16)7-3-6(12)4-9(11(7)13)19(2,17)18/h3-5H,14H2,1-2H3. The van der Waals surface area contributed by atoms with Gasteiger partial charge in [0.15, 0.2) is 15.7 Å². The van der Waals surface area contributed by atoms with Gasteiger partial charge in [-0.05, 0) is 12.1 Å². The molecule has 0 fully saturated rings. The highest BCUT2D eigenvalue weighted by Crippen LogP contribution is 2.28. The molecule has 2 N–H and O–H groups in total. The van der Waals surface area contributed by atoms with Crippen molar-refractivity contribution >= 4 is 15.7 Å². The maximum absolute atomic E-state index is 14.1. The third-order valence-corrected chi connectivity index (χ3v) is 3.69. The van der Waals surface area contributed by atoms with E-state index < -0.39 is 26.4 Å². The second-order valence-corrected chi connectivity index (χ2v) is 6.10. The molecule has 1 aromatic carbocycles. The van der Waals surface area contributed by atoms with Crippen LogP contribution >= 0.6 is 0 Å². The summed E-state index contributed by atoms with van der Waals surface area (Å²) in [5.41, 5.74) is 5.38. The van der Waals surface area contributed by atoms with Gasteiger partial charge in [-0.15, -0.1) is 0 Å². The first-order valence-corrected chi connectivity index (χ1v) is 7.08. The molecule has 19 heavy (non-hydrogen) atoms. The van der Waals surface area contributed by atoms with E-state index in [1.807, 2.05) is 0 Å². The fourth-order valence-electron chi connectivity index (χ4n) is 1.63. The minimum absolute atomic E-state index is 0.0712. The van der Waals surface area contributed by atoms with Gasteiger partial charge in [0.05, 0.1) is 5.69 Å². The molecule has 0 saturated heterocycles. The number of benzene rings is 1. The zero-order valence-electron chi connectivity index (χ0n) is 10.2. The van der Waals surface area contributed by atoms with Crippen LogP contribution in [-0.2, 0) is 16.9 Å². The van der Waals surface area contributed by atoms with Crippen molar-refractivity contribution in [1.82, 2.24) is 9.78 Å². The molecule has 0 aliphatic heterocycles. The number of sulfone groups is 1. The number of rotatable bonds is 2. The smallest absolute Gasteiger partial charge is 0.178 e. The van der Waals surface area contributed by atoms with E-state index in [2.05, 4.69) is 5.10 Å². The van der Waals surface area contributed by atoms with E-state index in [1.165, 1.54) is 17.8 Å². The van der Waals surface area contributed by atoms with Crippen LogP contribution in [0, 0.1) is 11.6 Å². The van der Waals surface area contributed by atoms with Crippen molar-refractivity contribution in [1.29, 1.82) is 0 Å². The second kappa shape index (κ2) is 4.30. The lowest BCUT2D eigenvalue weighted by atomic mass is 10.1. The zero-order chi connectivity index (χ0) is 14.4. The van der Waals surface area contributed by atoms with Crippen LogP contribution in [0.2, 0.25) is 0 Å². The van der Waals surface area contributed by atoms with Crippen molar-refractivity contribution in [2.45, 2.75) is 4.90 Å². The van der Waals surface area contributed by atoms with Crippen molar-refractivity contribution in [3.63, 3.8) is 0 Å². The van der Waals surface area contributed by atoms with Gasteiger partial charge < -0.3 is 5.73 Å². The van der Waals surface area contributed by atoms with Gasteiger partial charge in [0.2, 0.25) is 0 Å². The van der Waals surface area contributed by atoms with Gasteiger partial charge in [0.1, 0.15) is 16.5 Å². The van der Waals surface area contributed by atoms with Crippen LogP contribution in [-0.4, -0.2) is 24.5 Å². The van der Waals surface area contributed by atoms with Crippen molar-refractivity contribution in [3.8, 4) is 11.3 Å². The van der Waals surface area contributed by atoms with Gasteiger partial charge in [-0.25, -0.2) is 17.2 Å². The highest BCUT2D eigenvalue weighted by atomic mass is 32.2. The Labute approximate surface area is 108 Å². The average molecular weight is 287 g/mol. The number of aryl methyl sites for hydroxylation is 1. The molecule has 1 aromatic heterocycles. The van der Waals surface area contributed by atoms with Crippen molar-refractivity contribution in [2.75, 3.05) is 12.0 Å². The van der Waals surface area contributed by atoms with E-state index in [4.69, 9.17) is 5.73 Å². The molecule has 102 valence electrons. The molecule has 0 atom stereocenters. The molecule has 1 heterocycles. The number of anilines is 1. The molecule has 5 nitrogen and oxygen atoms in total. The number of hydrogen-bond donors (Lipinski definition) is 1. The number of nitrogens with two attached hydrogens (primary N) is 1. The maximum Gasteiger partial charge on any atom is 0.178 e. The molecular weight excluding hydrogens is 276 g/mol. The Kier molecular flexibility index (Phi) is 3.05. The number of nitrogen functional groups attached to an aromatic ring is 1. The predicted octanol–water partition coefficient (Wildman–Crippen LogP) is 1.35. The van der Waals surface area contributed by atoms with Gasteiger partial charge >= 0.3 is 0 Å². The van der Waals surface area contributed by atoms with Crippen LogP contribution in [0.5, 0.6) is 0 Å². The van der Waals surface area contributed by atoms with E-state index in [0.29, 0.717) is 6.07 Å². The minimum Gasteiger partial charge on any atom is -0.384 e. The highest BCUT2D eigenvalue weighted by Gasteiger charge is 2.21. The molecule has 2 rings (SSSR count). The lowest BCUT2D eigenvalue weighted by molar-refractivity contribution is 0.558. The van der Waals surface area contributed by atoms with Crippen molar-refractivity contribution < 1.29 is 17.2 Å². The SMILES string of the molecule is Cn1nc(-c2cc(F)cc(S(C)(=O)=O)c2F)cc1N. The molecule has 0 aliphatic carbocycles. The molecule has 0 radical (unpaired) electrons. The third kappa shape index (κ3) is 2.43. The Morgan fingerprint density at radius 3 is 2.37 bits per heavy atom. The molecule has 0 bridgehead atoms. The second-order valence-electron chi connectivity index (χ2n) is 4.12. The Hall–Kier alpha value is -1.96. The number of nitrogens with zero attached hydrogens (tertiary/aromatic N) is 2. The predicted molar refractivity (Wildman–Crippen MR) is 66.1 cm³/mol. The fraction of sp³-hybridized carbons (Fsp3) is 0.182. The molecule has 0 amide bonds. The van der Waals surface area contributed by atoms with Crippen LogP contribution in [0.15, 0.2) is 23.1 Å². The van der Waals surface area contributed by atoms with Crippen LogP contribution < -0.4 is 5.73 Å². The molecule has 0 saturated carbocycles. The molecule has 0 unspecified atom stereocenters. The lowest BCUT2D eigenvalue weighted by Gasteiger charge is -2.05. The molecule has 2 aromatic rings. The summed E-state index contributed by atoms with van der Waals surface area (Å²) >= 11 is 0. The Morgan fingerprint density at radius 1 is 1.26 bits per heavy atom. The molecule has 0 spiro atoms. The van der Waals surface area contributed by atoms with Gasteiger partial charge in [0, 0.05) is 24.9 Å². The topological polar surface area (TPSA) is 78.0 Å².